The van der Waals surface area contributed by atoms with Crippen molar-refractivity contribution in [1.29, 1.82) is 0 Å². The summed E-state index contributed by atoms with van der Waals surface area (Å²) in [7, 11) is 0. The van der Waals surface area contributed by atoms with Crippen molar-refractivity contribution in [2.24, 2.45) is 0 Å². The zero-order valence-electron chi connectivity index (χ0n) is 13.5. The lowest BCUT2D eigenvalue weighted by Crippen LogP contribution is -2.47. The van der Waals surface area contributed by atoms with E-state index in [9.17, 15) is 35.9 Å². The Kier molecular flexibility index (Phi) is 5.57. The van der Waals surface area contributed by atoms with Crippen LogP contribution in [-0.4, -0.2) is 40.6 Å². The molecule has 2 N–H and O–H groups in total. The highest BCUT2D eigenvalue weighted by Crippen LogP contribution is 2.40. The summed E-state index contributed by atoms with van der Waals surface area (Å²) in [5, 5.41) is 18.0. The molecule has 0 amide bonds. The minimum atomic E-state index is -6.13. The predicted molar refractivity (Wildman–Crippen MR) is 82.3 cm³/mol. The quantitative estimate of drug-likeness (QED) is 0.682. The number of hydrogen-bond acceptors (Lipinski definition) is 3. The molecule has 28 heavy (non-hydrogen) atoms. The van der Waals surface area contributed by atoms with Gasteiger partial charge in [0.25, 0.3) is 0 Å². The molecule has 0 spiro atoms. The number of carbonyl (C=O) groups is 2. The van der Waals surface area contributed by atoms with Gasteiger partial charge in [-0.2, -0.15) is 26.3 Å². The number of ether oxygens (including phenoxy) is 1. The van der Waals surface area contributed by atoms with Gasteiger partial charge in [0.05, 0.1) is 11.1 Å². The lowest BCUT2D eigenvalue weighted by Gasteiger charge is -2.23. The smallest absolute Gasteiger partial charge is 0.460 e. The second-order valence-electron chi connectivity index (χ2n) is 5.45. The van der Waals surface area contributed by atoms with Crippen LogP contribution in [0.15, 0.2) is 42.5 Å². The second kappa shape index (κ2) is 7.41. The SMILES string of the molecule is O=C(O)c1ccc(-c2ccc(OC(F)C(F)(F)C(F)(F)F)cc2)cc1C(=O)O. The van der Waals surface area contributed by atoms with E-state index in [4.69, 9.17) is 10.2 Å². The van der Waals surface area contributed by atoms with Crippen molar-refractivity contribution < 1.29 is 50.9 Å². The lowest BCUT2D eigenvalue weighted by molar-refractivity contribution is -0.328. The van der Waals surface area contributed by atoms with Gasteiger partial charge in [0.15, 0.2) is 0 Å². The monoisotopic (exact) mass is 408 g/mol. The molecule has 0 saturated carbocycles. The Labute approximate surface area is 152 Å². The Morgan fingerprint density at radius 2 is 1.32 bits per heavy atom. The Balaban J connectivity index is 2.27. The van der Waals surface area contributed by atoms with E-state index >= 15 is 0 Å². The number of rotatable bonds is 6. The van der Waals surface area contributed by atoms with Gasteiger partial charge in [0.1, 0.15) is 5.75 Å². The summed E-state index contributed by atoms with van der Waals surface area (Å²) in [4.78, 5) is 22.2. The van der Waals surface area contributed by atoms with E-state index in [1.807, 2.05) is 0 Å². The molecule has 1 atom stereocenters. The van der Waals surface area contributed by atoms with Crippen LogP contribution in [0, 0.1) is 0 Å². The largest absolute Gasteiger partial charge is 0.478 e. The molecule has 11 heteroatoms. The molecule has 2 aromatic carbocycles. The van der Waals surface area contributed by atoms with Crippen LogP contribution >= 0.6 is 0 Å². The van der Waals surface area contributed by atoms with Gasteiger partial charge in [-0.3, -0.25) is 0 Å². The van der Waals surface area contributed by atoms with Crippen LogP contribution in [0.4, 0.5) is 26.3 Å². The summed E-state index contributed by atoms with van der Waals surface area (Å²) in [5.41, 5.74) is -0.513. The van der Waals surface area contributed by atoms with Crippen LogP contribution in [0.5, 0.6) is 5.75 Å². The van der Waals surface area contributed by atoms with Crippen LogP contribution in [0.1, 0.15) is 20.7 Å². The van der Waals surface area contributed by atoms with Crippen LogP contribution < -0.4 is 4.74 Å². The average molecular weight is 408 g/mol. The molecular formula is C17H10F6O5. The van der Waals surface area contributed by atoms with Crippen molar-refractivity contribution >= 4 is 11.9 Å². The Morgan fingerprint density at radius 3 is 1.79 bits per heavy atom. The predicted octanol–water partition coefficient (Wildman–Crippen LogP) is 4.62. The maximum absolute atomic E-state index is 13.2. The maximum atomic E-state index is 13.2. The summed E-state index contributed by atoms with van der Waals surface area (Å²) < 4.78 is 79.2. The van der Waals surface area contributed by atoms with Crippen molar-refractivity contribution in [3.63, 3.8) is 0 Å². The van der Waals surface area contributed by atoms with E-state index in [2.05, 4.69) is 4.74 Å². The Morgan fingerprint density at radius 1 is 0.821 bits per heavy atom. The Bertz CT molecular complexity index is 892. The number of benzene rings is 2. The molecule has 1 unspecified atom stereocenters. The highest BCUT2D eigenvalue weighted by atomic mass is 19.4. The summed E-state index contributed by atoms with van der Waals surface area (Å²) in [6, 6.07) is 7.44. The van der Waals surface area contributed by atoms with Crippen LogP contribution in [0.25, 0.3) is 11.1 Å². The van der Waals surface area contributed by atoms with Crippen LogP contribution in [0.2, 0.25) is 0 Å². The third kappa shape index (κ3) is 4.18. The molecule has 150 valence electrons. The van der Waals surface area contributed by atoms with Crippen molar-refractivity contribution in [2.75, 3.05) is 0 Å². The number of hydrogen-bond donors (Lipinski definition) is 2. The fraction of sp³-hybridized carbons (Fsp3) is 0.176. The zero-order chi connectivity index (χ0) is 21.3. The number of carboxylic acids is 2. The molecule has 2 rings (SSSR count). The summed E-state index contributed by atoms with van der Waals surface area (Å²) >= 11 is 0. The Hall–Kier alpha value is -3.24. The molecule has 2 aromatic rings. The van der Waals surface area contributed by atoms with Crippen molar-refractivity contribution in [3.05, 3.63) is 53.6 Å². The standard InChI is InChI=1S/C17H10F6O5/c18-15(16(19,20)17(21,22)23)28-10-4-1-8(2-5-10)9-3-6-11(13(24)25)12(7-9)14(26)27/h1-7,15H,(H,24,25)(H,26,27). The molecule has 5 nitrogen and oxygen atoms in total. The summed E-state index contributed by atoms with van der Waals surface area (Å²) in [5.74, 6) is -9.31. The van der Waals surface area contributed by atoms with E-state index in [0.29, 0.717) is 0 Å². The van der Waals surface area contributed by atoms with Gasteiger partial charge in [0, 0.05) is 0 Å². The molecular weight excluding hydrogens is 398 g/mol. The first-order valence-electron chi connectivity index (χ1n) is 7.31. The fourth-order valence-electron chi connectivity index (χ4n) is 2.14. The molecule has 0 aliphatic carbocycles. The van der Waals surface area contributed by atoms with E-state index in [1.165, 1.54) is 6.07 Å². The van der Waals surface area contributed by atoms with E-state index < -0.39 is 47.3 Å². The van der Waals surface area contributed by atoms with Gasteiger partial charge in [-0.05, 0) is 35.4 Å². The van der Waals surface area contributed by atoms with Gasteiger partial charge in [0.2, 0.25) is 0 Å². The van der Waals surface area contributed by atoms with Gasteiger partial charge in [-0.1, -0.05) is 18.2 Å². The minimum Gasteiger partial charge on any atom is -0.478 e. The maximum Gasteiger partial charge on any atom is 0.460 e. The number of alkyl halides is 6. The van der Waals surface area contributed by atoms with Gasteiger partial charge >= 0.3 is 30.4 Å². The molecule has 0 fully saturated rings. The van der Waals surface area contributed by atoms with Gasteiger partial charge in [-0.25, -0.2) is 9.59 Å². The molecule has 0 aliphatic heterocycles. The van der Waals surface area contributed by atoms with Crippen LogP contribution in [0.3, 0.4) is 0 Å². The molecule has 0 saturated heterocycles. The topological polar surface area (TPSA) is 83.8 Å². The van der Waals surface area contributed by atoms with Gasteiger partial charge < -0.3 is 14.9 Å². The molecule has 0 bridgehead atoms. The average Bonchev–Trinajstić information content (AvgIpc) is 2.60. The molecule has 0 radical (unpaired) electrons. The first-order valence-corrected chi connectivity index (χ1v) is 7.31. The molecule has 0 aromatic heterocycles. The molecule has 0 aliphatic rings. The van der Waals surface area contributed by atoms with E-state index in [0.717, 1.165) is 36.4 Å². The first-order chi connectivity index (χ1) is 12.8. The zero-order valence-corrected chi connectivity index (χ0v) is 13.5. The van der Waals surface area contributed by atoms with E-state index in [-0.39, 0.29) is 11.1 Å². The third-order valence-corrected chi connectivity index (χ3v) is 3.57. The normalized spacial score (nSPS) is 13.1. The first kappa shape index (κ1) is 21.1. The van der Waals surface area contributed by atoms with Crippen molar-refractivity contribution in [3.8, 4) is 16.9 Å². The van der Waals surface area contributed by atoms with E-state index in [1.54, 1.807) is 0 Å². The summed E-state index contributed by atoms with van der Waals surface area (Å²) in [6.07, 6.45) is -10.1. The molecule has 0 heterocycles. The minimum absolute atomic E-state index is 0.214. The van der Waals surface area contributed by atoms with Crippen molar-refractivity contribution in [2.45, 2.75) is 18.5 Å². The second-order valence-corrected chi connectivity index (χ2v) is 5.45. The van der Waals surface area contributed by atoms with Crippen LogP contribution in [-0.2, 0) is 0 Å². The number of halogens is 6. The fourth-order valence-corrected chi connectivity index (χ4v) is 2.14. The lowest BCUT2D eigenvalue weighted by atomic mass is 9.99. The van der Waals surface area contributed by atoms with Gasteiger partial charge in [-0.15, -0.1) is 0 Å². The number of carboxylic acid groups (broad SMARTS) is 2. The number of aromatic carboxylic acids is 2. The third-order valence-electron chi connectivity index (χ3n) is 3.57. The van der Waals surface area contributed by atoms with Crippen molar-refractivity contribution in [1.82, 2.24) is 0 Å². The summed E-state index contributed by atoms with van der Waals surface area (Å²) in [6.45, 7) is 0. The highest BCUT2D eigenvalue weighted by molar-refractivity contribution is 6.02. The highest BCUT2D eigenvalue weighted by Gasteiger charge is 2.65.